The molecule has 1 aliphatic rings. The number of nitrogens with one attached hydrogen (secondary N) is 3. The third-order valence-corrected chi connectivity index (χ3v) is 1.10. The molecule has 0 amide bonds. The Hall–Kier alpha value is -0.780. The molecule has 3 N–H and O–H groups in total. The lowest BCUT2D eigenvalue weighted by Gasteiger charge is -1.98. The van der Waals surface area contributed by atoms with Crippen molar-refractivity contribution in [1.82, 2.24) is 16.4 Å². The summed E-state index contributed by atoms with van der Waals surface area (Å²) in [6.07, 6.45) is 0.312. The van der Waals surface area contributed by atoms with E-state index in [0.29, 0.717) is 12.8 Å². The number of carbonyl (C=O) groups is 2. The average Bonchev–Trinajstić information content (AvgIpc) is 2.37. The number of rotatable bonds is 2. The maximum atomic E-state index is 10.5. The summed E-state index contributed by atoms with van der Waals surface area (Å²) in [6.45, 7) is 0.456. The molecule has 0 saturated carbocycles. The van der Waals surface area contributed by atoms with Gasteiger partial charge in [-0.1, -0.05) is 0 Å². The van der Waals surface area contributed by atoms with E-state index in [4.69, 9.17) is 0 Å². The van der Waals surface area contributed by atoms with Crippen molar-refractivity contribution in [2.24, 2.45) is 0 Å². The van der Waals surface area contributed by atoms with Gasteiger partial charge in [0, 0.05) is 6.54 Å². The molecule has 9 heavy (non-hydrogen) atoms. The van der Waals surface area contributed by atoms with Gasteiger partial charge in [-0.3, -0.25) is 9.59 Å². The first-order valence-corrected chi connectivity index (χ1v) is 2.57. The standard InChI is InChI=1S/C4H7N3O2/c8-2-4(9)3-1-5-7-6-3/h2-3,5-7H,1H2. The Kier molecular flexibility index (Phi) is 1.88. The molecule has 1 rings (SSSR count). The van der Waals surface area contributed by atoms with Gasteiger partial charge in [0.1, 0.15) is 6.04 Å². The van der Waals surface area contributed by atoms with Gasteiger partial charge >= 0.3 is 0 Å². The van der Waals surface area contributed by atoms with Gasteiger partial charge < -0.3 is 0 Å². The van der Waals surface area contributed by atoms with E-state index in [2.05, 4.69) is 16.4 Å². The van der Waals surface area contributed by atoms with Crippen LogP contribution in [0.4, 0.5) is 0 Å². The van der Waals surface area contributed by atoms with Gasteiger partial charge in [-0.15, -0.1) is 0 Å². The minimum absolute atomic E-state index is 0.312. The first kappa shape index (κ1) is 6.34. The molecule has 1 heterocycles. The first-order chi connectivity index (χ1) is 4.34. The van der Waals surface area contributed by atoms with E-state index in [1.54, 1.807) is 0 Å². The molecule has 5 heteroatoms. The number of ketones is 1. The van der Waals surface area contributed by atoms with Crippen molar-refractivity contribution in [3.05, 3.63) is 0 Å². The van der Waals surface area contributed by atoms with Crippen LogP contribution < -0.4 is 16.4 Å². The maximum absolute atomic E-state index is 10.5. The third-order valence-electron chi connectivity index (χ3n) is 1.10. The predicted octanol–water partition coefficient (Wildman–Crippen LogP) is -2.26. The van der Waals surface area contributed by atoms with Crippen LogP contribution in [-0.2, 0) is 9.59 Å². The molecule has 1 saturated heterocycles. The van der Waals surface area contributed by atoms with Crippen LogP contribution in [-0.4, -0.2) is 24.7 Å². The molecule has 1 unspecified atom stereocenters. The van der Waals surface area contributed by atoms with Gasteiger partial charge in [-0.25, -0.2) is 10.9 Å². The zero-order valence-corrected chi connectivity index (χ0v) is 4.68. The van der Waals surface area contributed by atoms with Gasteiger partial charge in [0.2, 0.25) is 5.78 Å². The van der Waals surface area contributed by atoms with Crippen LogP contribution in [0.25, 0.3) is 0 Å². The molecule has 1 fully saturated rings. The number of hydrogen-bond acceptors (Lipinski definition) is 5. The van der Waals surface area contributed by atoms with Crippen LogP contribution in [0.2, 0.25) is 0 Å². The Morgan fingerprint density at radius 3 is 2.89 bits per heavy atom. The number of aldehydes is 1. The molecule has 0 aliphatic carbocycles. The Balaban J connectivity index is 2.41. The summed E-state index contributed by atoms with van der Waals surface area (Å²) in [5.74, 6) is -0.437. The van der Waals surface area contributed by atoms with E-state index in [0.717, 1.165) is 0 Å². The second kappa shape index (κ2) is 2.67. The molecule has 50 valence electrons. The van der Waals surface area contributed by atoms with Gasteiger partial charge in [-0.05, 0) is 0 Å². The fraction of sp³-hybridized carbons (Fsp3) is 0.500. The van der Waals surface area contributed by atoms with E-state index in [-0.39, 0.29) is 0 Å². The SMILES string of the molecule is O=CC(=O)C1CNNN1. The fourth-order valence-electron chi connectivity index (χ4n) is 0.596. The van der Waals surface area contributed by atoms with Crippen molar-refractivity contribution in [2.45, 2.75) is 6.04 Å². The topological polar surface area (TPSA) is 70.2 Å². The lowest BCUT2D eigenvalue weighted by molar-refractivity contribution is -0.130. The normalized spacial score (nSPS) is 26.0. The predicted molar refractivity (Wildman–Crippen MR) is 29.1 cm³/mol. The number of hydrazine groups is 2. The van der Waals surface area contributed by atoms with E-state index in [1.807, 2.05) is 0 Å². The Bertz CT molecular complexity index is 130. The van der Waals surface area contributed by atoms with Gasteiger partial charge in [-0.2, -0.15) is 5.53 Å². The lowest BCUT2D eigenvalue weighted by Crippen LogP contribution is -2.38. The van der Waals surface area contributed by atoms with Crippen molar-refractivity contribution in [2.75, 3.05) is 6.54 Å². The summed E-state index contributed by atoms with van der Waals surface area (Å²) in [4.78, 5) is 20.4. The summed E-state index contributed by atoms with van der Waals surface area (Å²) < 4.78 is 0. The van der Waals surface area contributed by atoms with Crippen molar-refractivity contribution < 1.29 is 9.59 Å². The fourth-order valence-corrected chi connectivity index (χ4v) is 0.596. The Labute approximate surface area is 51.7 Å². The van der Waals surface area contributed by atoms with Crippen LogP contribution in [0.1, 0.15) is 0 Å². The molecular weight excluding hydrogens is 122 g/mol. The molecule has 0 radical (unpaired) electrons. The number of carbonyl (C=O) groups excluding carboxylic acids is 2. The third kappa shape index (κ3) is 1.32. The molecule has 5 nitrogen and oxygen atoms in total. The summed E-state index contributed by atoms with van der Waals surface area (Å²) in [5, 5.41) is 0. The molecule has 1 aliphatic heterocycles. The van der Waals surface area contributed by atoms with Crippen LogP contribution >= 0.6 is 0 Å². The second-order valence-corrected chi connectivity index (χ2v) is 1.72. The van der Waals surface area contributed by atoms with Crippen LogP contribution in [0.5, 0.6) is 0 Å². The Morgan fingerprint density at radius 1 is 1.67 bits per heavy atom. The highest BCUT2D eigenvalue weighted by Crippen LogP contribution is 1.82. The molecule has 0 bridgehead atoms. The van der Waals surface area contributed by atoms with Crippen molar-refractivity contribution >= 4 is 12.1 Å². The highest BCUT2D eigenvalue weighted by Gasteiger charge is 2.20. The van der Waals surface area contributed by atoms with Crippen molar-refractivity contribution in [3.8, 4) is 0 Å². The summed E-state index contributed by atoms with van der Waals surface area (Å²) in [5.41, 5.74) is 7.72. The van der Waals surface area contributed by atoms with Crippen LogP contribution in [0.15, 0.2) is 0 Å². The summed E-state index contributed by atoms with van der Waals surface area (Å²) >= 11 is 0. The first-order valence-electron chi connectivity index (χ1n) is 2.57. The van der Waals surface area contributed by atoms with Crippen LogP contribution in [0, 0.1) is 0 Å². The Morgan fingerprint density at radius 2 is 2.44 bits per heavy atom. The monoisotopic (exact) mass is 129 g/mol. The molecule has 0 aromatic carbocycles. The maximum Gasteiger partial charge on any atom is 0.214 e. The molecule has 0 spiro atoms. The number of hydrogen-bond donors (Lipinski definition) is 3. The minimum atomic E-state index is -0.437. The average molecular weight is 129 g/mol. The summed E-state index contributed by atoms with van der Waals surface area (Å²) in [7, 11) is 0. The zero-order valence-electron chi connectivity index (χ0n) is 4.68. The quantitative estimate of drug-likeness (QED) is 0.290. The highest BCUT2D eigenvalue weighted by atomic mass is 16.2. The van der Waals surface area contributed by atoms with E-state index in [9.17, 15) is 9.59 Å². The molecule has 0 aromatic rings. The summed E-state index contributed by atoms with van der Waals surface area (Å²) in [6, 6.07) is -0.400. The van der Waals surface area contributed by atoms with Crippen molar-refractivity contribution in [3.63, 3.8) is 0 Å². The molecule has 1 atom stereocenters. The highest BCUT2D eigenvalue weighted by molar-refractivity contribution is 6.27. The van der Waals surface area contributed by atoms with E-state index >= 15 is 0 Å². The zero-order chi connectivity index (χ0) is 6.69. The number of Topliss-reactive ketones (excluding diaryl/α,β-unsaturated/α-hetero) is 1. The van der Waals surface area contributed by atoms with Crippen LogP contribution in [0.3, 0.4) is 0 Å². The minimum Gasteiger partial charge on any atom is -0.295 e. The smallest absolute Gasteiger partial charge is 0.214 e. The lowest BCUT2D eigenvalue weighted by atomic mass is 10.2. The molecule has 0 aromatic heterocycles. The second-order valence-electron chi connectivity index (χ2n) is 1.72. The van der Waals surface area contributed by atoms with Crippen molar-refractivity contribution in [1.29, 1.82) is 0 Å². The van der Waals surface area contributed by atoms with Gasteiger partial charge in [0.25, 0.3) is 0 Å². The van der Waals surface area contributed by atoms with Gasteiger partial charge in [0.05, 0.1) is 0 Å². The van der Waals surface area contributed by atoms with Gasteiger partial charge in [0.15, 0.2) is 6.29 Å². The molecular formula is C4H7N3O2. The van der Waals surface area contributed by atoms with E-state index in [1.165, 1.54) is 0 Å². The van der Waals surface area contributed by atoms with E-state index < -0.39 is 11.8 Å². The largest absolute Gasteiger partial charge is 0.295 e.